The third-order valence-corrected chi connectivity index (χ3v) is 4.44. The fraction of sp³-hybridized carbons (Fsp3) is 0.647. The van der Waals surface area contributed by atoms with Crippen molar-refractivity contribution in [3.05, 3.63) is 22.9 Å². The molecule has 132 valence electrons. The van der Waals surface area contributed by atoms with Crippen molar-refractivity contribution in [2.45, 2.75) is 32.1 Å². The minimum absolute atomic E-state index is 0.0145. The van der Waals surface area contributed by atoms with Crippen LogP contribution in [-0.2, 0) is 32.0 Å². The second kappa shape index (κ2) is 7.92. The average Bonchev–Trinajstić information content (AvgIpc) is 2.81. The third kappa shape index (κ3) is 3.68. The van der Waals surface area contributed by atoms with Crippen LogP contribution in [0.25, 0.3) is 0 Å². The number of rotatable bonds is 5. The predicted molar refractivity (Wildman–Crippen MR) is 88.7 cm³/mol. The quantitative estimate of drug-likeness (QED) is 0.822. The maximum Gasteiger partial charge on any atom is 0.248 e. The van der Waals surface area contributed by atoms with E-state index in [9.17, 15) is 4.79 Å². The molecule has 3 heterocycles. The lowest BCUT2D eigenvalue weighted by Crippen LogP contribution is -2.33. The van der Waals surface area contributed by atoms with Crippen LogP contribution in [0.1, 0.15) is 36.0 Å². The van der Waals surface area contributed by atoms with Crippen LogP contribution < -0.4 is 5.32 Å². The van der Waals surface area contributed by atoms with Crippen LogP contribution >= 0.6 is 0 Å². The Hall–Kier alpha value is -1.70. The lowest BCUT2D eigenvalue weighted by atomic mass is 10.0. The Labute approximate surface area is 142 Å². The second-order valence-electron chi connectivity index (χ2n) is 6.10. The number of pyridine rings is 1. The summed E-state index contributed by atoms with van der Waals surface area (Å²) in [6.45, 7) is 2.89. The molecular weight excluding hydrogens is 310 g/mol. The summed E-state index contributed by atoms with van der Waals surface area (Å²) in [4.78, 5) is 18.8. The maximum atomic E-state index is 12.2. The van der Waals surface area contributed by atoms with Crippen molar-refractivity contribution >= 4 is 11.7 Å². The fourth-order valence-corrected chi connectivity index (χ4v) is 3.20. The molecule has 1 aromatic rings. The van der Waals surface area contributed by atoms with Crippen molar-refractivity contribution < 1.29 is 19.0 Å². The van der Waals surface area contributed by atoms with Gasteiger partial charge in [-0.05, 0) is 36.5 Å². The van der Waals surface area contributed by atoms with Gasteiger partial charge in [0.2, 0.25) is 12.2 Å². The first-order valence-corrected chi connectivity index (χ1v) is 8.40. The molecule has 0 saturated carbocycles. The van der Waals surface area contributed by atoms with Gasteiger partial charge in [0.1, 0.15) is 18.1 Å². The molecule has 0 unspecified atom stereocenters. The average molecular weight is 335 g/mol. The summed E-state index contributed by atoms with van der Waals surface area (Å²) < 4.78 is 16.2. The Balaban J connectivity index is 1.92. The molecule has 0 spiro atoms. The fourth-order valence-electron chi connectivity index (χ4n) is 3.20. The van der Waals surface area contributed by atoms with Crippen molar-refractivity contribution in [3.63, 3.8) is 0 Å². The molecule has 1 saturated heterocycles. The molecule has 0 aromatic carbocycles. The van der Waals surface area contributed by atoms with Gasteiger partial charge in [-0.3, -0.25) is 4.79 Å². The minimum atomic E-state index is -0.549. The zero-order valence-corrected chi connectivity index (χ0v) is 14.3. The van der Waals surface area contributed by atoms with Crippen molar-refractivity contribution in [2.75, 3.05) is 45.8 Å². The Morgan fingerprint density at radius 3 is 3.00 bits per heavy atom. The number of amides is 1. The summed E-state index contributed by atoms with van der Waals surface area (Å²) in [5.74, 6) is 0.908. The van der Waals surface area contributed by atoms with Crippen molar-refractivity contribution in [1.82, 2.24) is 9.88 Å². The van der Waals surface area contributed by atoms with E-state index in [4.69, 9.17) is 19.2 Å². The van der Waals surface area contributed by atoms with Crippen LogP contribution in [0.15, 0.2) is 6.07 Å². The van der Waals surface area contributed by atoms with E-state index in [0.717, 1.165) is 42.9 Å². The van der Waals surface area contributed by atoms with Crippen molar-refractivity contribution in [3.8, 4) is 0 Å². The van der Waals surface area contributed by atoms with Crippen molar-refractivity contribution in [2.24, 2.45) is 0 Å². The number of carbonyl (C=O) groups excluding carboxylic acids is 1. The van der Waals surface area contributed by atoms with Crippen LogP contribution in [0.2, 0.25) is 0 Å². The van der Waals surface area contributed by atoms with E-state index in [1.807, 2.05) is 4.90 Å². The highest BCUT2D eigenvalue weighted by Crippen LogP contribution is 2.28. The Morgan fingerprint density at radius 2 is 2.21 bits per heavy atom. The molecule has 2 aliphatic rings. The summed E-state index contributed by atoms with van der Waals surface area (Å²) in [5.41, 5.74) is 2.89. The molecule has 1 aromatic heterocycles. The first-order chi connectivity index (χ1) is 11.7. The zero-order chi connectivity index (χ0) is 16.9. The number of nitrogens with one attached hydrogen (secondary N) is 1. The monoisotopic (exact) mass is 335 g/mol. The Morgan fingerprint density at radius 1 is 1.38 bits per heavy atom. The van der Waals surface area contributed by atoms with E-state index in [0.29, 0.717) is 19.7 Å². The standard InChI is InChI=1S/C17H25N3O4/c1-22-17(23-2)15-13(9-12-5-3-6-18-16(12)19-15)10-20-7-4-8-24-11-14(20)21/h9,17H,3-8,10-11H2,1-2H3,(H,18,19). The van der Waals surface area contributed by atoms with Gasteiger partial charge in [0, 0.05) is 40.5 Å². The molecule has 24 heavy (non-hydrogen) atoms. The van der Waals surface area contributed by atoms with Gasteiger partial charge in [0.05, 0.1) is 0 Å². The van der Waals surface area contributed by atoms with Gasteiger partial charge in [-0.25, -0.2) is 4.98 Å². The highest BCUT2D eigenvalue weighted by Gasteiger charge is 2.24. The third-order valence-electron chi connectivity index (χ3n) is 4.44. The van der Waals surface area contributed by atoms with Gasteiger partial charge in [0.15, 0.2) is 0 Å². The summed E-state index contributed by atoms with van der Waals surface area (Å²) >= 11 is 0. The number of aromatic nitrogens is 1. The number of carbonyl (C=O) groups is 1. The van der Waals surface area contributed by atoms with Crippen LogP contribution in [0.4, 0.5) is 5.82 Å². The largest absolute Gasteiger partial charge is 0.372 e. The highest BCUT2D eigenvalue weighted by atomic mass is 16.7. The number of hydrogen-bond acceptors (Lipinski definition) is 6. The molecule has 3 rings (SSSR count). The van der Waals surface area contributed by atoms with E-state index in [1.165, 1.54) is 5.56 Å². The lowest BCUT2D eigenvalue weighted by Gasteiger charge is -2.26. The molecule has 7 heteroatoms. The summed E-state index contributed by atoms with van der Waals surface area (Å²) in [6, 6.07) is 2.13. The number of ether oxygens (including phenoxy) is 3. The lowest BCUT2D eigenvalue weighted by molar-refractivity contribution is -0.134. The summed E-state index contributed by atoms with van der Waals surface area (Å²) in [7, 11) is 3.19. The molecule has 0 radical (unpaired) electrons. The second-order valence-corrected chi connectivity index (χ2v) is 6.10. The first-order valence-electron chi connectivity index (χ1n) is 8.40. The first kappa shape index (κ1) is 17.1. The molecule has 1 amide bonds. The highest BCUT2D eigenvalue weighted by molar-refractivity contribution is 5.77. The number of anilines is 1. The summed E-state index contributed by atoms with van der Waals surface area (Å²) in [6.07, 6.45) is 2.37. The van der Waals surface area contributed by atoms with E-state index in [2.05, 4.69) is 11.4 Å². The van der Waals surface area contributed by atoms with Gasteiger partial charge < -0.3 is 24.4 Å². The topological polar surface area (TPSA) is 72.9 Å². The Bertz CT molecular complexity index is 589. The molecule has 1 N–H and O–H groups in total. The zero-order valence-electron chi connectivity index (χ0n) is 14.3. The van der Waals surface area contributed by atoms with E-state index in [-0.39, 0.29) is 12.5 Å². The smallest absolute Gasteiger partial charge is 0.248 e. The molecule has 1 fully saturated rings. The van der Waals surface area contributed by atoms with Gasteiger partial charge in [-0.15, -0.1) is 0 Å². The minimum Gasteiger partial charge on any atom is -0.372 e. The number of nitrogens with zero attached hydrogens (tertiary/aromatic N) is 2. The molecule has 2 aliphatic heterocycles. The molecule has 7 nitrogen and oxygen atoms in total. The van der Waals surface area contributed by atoms with Crippen LogP contribution in [0, 0.1) is 0 Å². The number of fused-ring (bicyclic) bond motifs is 1. The van der Waals surface area contributed by atoms with Gasteiger partial charge in [-0.1, -0.05) is 0 Å². The normalized spacial score (nSPS) is 18.3. The molecular formula is C17H25N3O4. The van der Waals surface area contributed by atoms with Gasteiger partial charge in [-0.2, -0.15) is 0 Å². The molecule has 0 bridgehead atoms. The SMILES string of the molecule is COC(OC)c1nc2c(cc1CN1CCCOCC1=O)CCCN2. The van der Waals surface area contributed by atoms with Crippen LogP contribution in [0.5, 0.6) is 0 Å². The molecule has 0 aliphatic carbocycles. The van der Waals surface area contributed by atoms with Crippen LogP contribution in [-0.4, -0.2) is 56.3 Å². The summed E-state index contributed by atoms with van der Waals surface area (Å²) in [5, 5.41) is 3.33. The van der Waals surface area contributed by atoms with Crippen molar-refractivity contribution in [1.29, 1.82) is 0 Å². The van der Waals surface area contributed by atoms with Gasteiger partial charge in [0.25, 0.3) is 0 Å². The molecule has 0 atom stereocenters. The van der Waals surface area contributed by atoms with E-state index < -0.39 is 6.29 Å². The number of hydrogen-bond donors (Lipinski definition) is 1. The van der Waals surface area contributed by atoms with Gasteiger partial charge >= 0.3 is 0 Å². The predicted octanol–water partition coefficient (Wildman–Crippen LogP) is 1.48. The van der Waals surface area contributed by atoms with E-state index >= 15 is 0 Å². The Kier molecular flexibility index (Phi) is 5.65. The van der Waals surface area contributed by atoms with E-state index in [1.54, 1.807) is 14.2 Å². The number of aryl methyl sites for hydroxylation is 1. The van der Waals surface area contributed by atoms with Crippen LogP contribution in [0.3, 0.4) is 0 Å². The maximum absolute atomic E-state index is 12.2. The number of methoxy groups -OCH3 is 2.